The molecule has 6 aliphatic rings. The molecule has 6 rings (SSSR count). The quantitative estimate of drug-likeness (QED) is 0.104. The number of ether oxygens (including phenoxy) is 7. The maximum Gasteiger partial charge on any atom is 0.187 e. The molecule has 0 bridgehead atoms. The highest BCUT2D eigenvalue weighted by Crippen LogP contribution is 2.45. The van der Waals surface area contributed by atoms with Crippen LogP contribution in [0.1, 0.15) is 38.5 Å². The van der Waals surface area contributed by atoms with E-state index in [-0.39, 0.29) is 32.1 Å². The third kappa shape index (κ3) is 8.32. The van der Waals surface area contributed by atoms with Gasteiger partial charge in [-0.05, 0) is 38.0 Å². The van der Waals surface area contributed by atoms with Crippen LogP contribution in [0.4, 0.5) is 0 Å². The molecule has 20 nitrogen and oxygen atoms in total. The monoisotopic (exact) mass is 758 g/mol. The summed E-state index contributed by atoms with van der Waals surface area (Å²) < 4.78 is 41.9. The summed E-state index contributed by atoms with van der Waals surface area (Å²) in [6.07, 6.45) is -27.7. The van der Waals surface area contributed by atoms with E-state index >= 15 is 0 Å². The van der Waals surface area contributed by atoms with Crippen molar-refractivity contribution in [3.63, 3.8) is 0 Å². The minimum Gasteiger partial charge on any atom is -0.394 e. The number of hydrogen-bond donors (Lipinski definition) is 13. The van der Waals surface area contributed by atoms with E-state index in [1.165, 1.54) is 0 Å². The molecule has 13 N–H and O–H groups in total. The molecule has 2 aliphatic carbocycles. The van der Waals surface area contributed by atoms with Gasteiger partial charge < -0.3 is 99.5 Å². The van der Waals surface area contributed by atoms with Crippen molar-refractivity contribution >= 4 is 0 Å². The van der Waals surface area contributed by atoms with Gasteiger partial charge in [0.2, 0.25) is 0 Å². The molecule has 6 fully saturated rings. The van der Waals surface area contributed by atoms with Crippen LogP contribution in [0.25, 0.3) is 0 Å². The topological polar surface area (TPSA) is 328 Å². The Labute approximate surface area is 298 Å². The normalized spacial score (nSPS) is 54.8. The molecule has 23 atom stereocenters. The van der Waals surface area contributed by atoms with Gasteiger partial charge in [-0.1, -0.05) is 0 Å². The van der Waals surface area contributed by atoms with Crippen molar-refractivity contribution in [2.24, 2.45) is 11.8 Å². The molecule has 0 spiro atoms. The second-order valence-corrected chi connectivity index (χ2v) is 15.0. The molecule has 52 heavy (non-hydrogen) atoms. The van der Waals surface area contributed by atoms with E-state index in [0.29, 0.717) is 6.42 Å². The molecular weight excluding hydrogens is 704 g/mol. The van der Waals surface area contributed by atoms with Gasteiger partial charge in [-0.2, -0.15) is 0 Å². The van der Waals surface area contributed by atoms with Crippen LogP contribution in [-0.2, 0) is 33.2 Å². The van der Waals surface area contributed by atoms with Crippen molar-refractivity contribution in [2.75, 3.05) is 19.8 Å². The van der Waals surface area contributed by atoms with Crippen LogP contribution >= 0.6 is 0 Å². The minimum atomic E-state index is -1.79. The van der Waals surface area contributed by atoms with Gasteiger partial charge in [0.1, 0.15) is 67.1 Å². The summed E-state index contributed by atoms with van der Waals surface area (Å²) in [6.45, 7) is -1.86. The predicted octanol–water partition coefficient (Wildman–Crippen LogP) is -6.73. The highest BCUT2D eigenvalue weighted by Gasteiger charge is 2.55. The SMILES string of the molecule is OC[C@H]1O[C@@H](OC2CC(O)CC3OC(C4CCC(O)C(O)C4)C(O[C@@H]4O[C@H](CO)[C@@H](O)[C@H](O)[C@H]4O[C@@H]4OC[C@@H](O)[C@H](O)[C@H]4O)CC32)[C@H](O)[C@@H](O)[C@@H]1O. The zero-order valence-corrected chi connectivity index (χ0v) is 28.3. The summed E-state index contributed by atoms with van der Waals surface area (Å²) in [5.74, 6) is -0.996. The molecule has 0 aromatic carbocycles. The fourth-order valence-corrected chi connectivity index (χ4v) is 8.43. The zero-order valence-electron chi connectivity index (χ0n) is 28.3. The van der Waals surface area contributed by atoms with Crippen molar-refractivity contribution in [2.45, 2.75) is 167 Å². The Hall–Kier alpha value is -0.800. The summed E-state index contributed by atoms with van der Waals surface area (Å²) in [6, 6.07) is 0. The Balaban J connectivity index is 1.27. The summed E-state index contributed by atoms with van der Waals surface area (Å²) >= 11 is 0. The summed E-state index contributed by atoms with van der Waals surface area (Å²) in [7, 11) is 0. The Morgan fingerprint density at radius 1 is 0.500 bits per heavy atom. The lowest BCUT2D eigenvalue weighted by atomic mass is 9.72. The lowest BCUT2D eigenvalue weighted by molar-refractivity contribution is -0.373. The molecule has 4 aliphatic heterocycles. The first-order chi connectivity index (χ1) is 24.7. The Morgan fingerprint density at radius 2 is 1.13 bits per heavy atom. The Kier molecular flexibility index (Phi) is 13.5. The summed E-state index contributed by atoms with van der Waals surface area (Å²) in [5, 5.41) is 135. The van der Waals surface area contributed by atoms with Crippen molar-refractivity contribution < 1.29 is 99.5 Å². The van der Waals surface area contributed by atoms with E-state index in [1.807, 2.05) is 0 Å². The predicted molar refractivity (Wildman–Crippen MR) is 165 cm³/mol. The van der Waals surface area contributed by atoms with Crippen molar-refractivity contribution in [1.82, 2.24) is 0 Å². The maximum atomic E-state index is 11.2. The molecule has 20 heteroatoms. The lowest BCUT2D eigenvalue weighted by Gasteiger charge is -2.53. The fraction of sp³-hybridized carbons (Fsp3) is 1.00. The van der Waals surface area contributed by atoms with Gasteiger partial charge in [0.15, 0.2) is 18.9 Å². The van der Waals surface area contributed by atoms with Crippen LogP contribution in [0, 0.1) is 11.8 Å². The van der Waals surface area contributed by atoms with Gasteiger partial charge in [0, 0.05) is 12.3 Å². The number of hydrogen-bond acceptors (Lipinski definition) is 20. The van der Waals surface area contributed by atoms with Gasteiger partial charge in [-0.15, -0.1) is 0 Å². The molecule has 2 saturated carbocycles. The molecule has 0 aromatic heterocycles. The first-order valence-electron chi connectivity index (χ1n) is 18.0. The summed E-state index contributed by atoms with van der Waals surface area (Å²) in [4.78, 5) is 0. The van der Waals surface area contributed by atoms with Crippen LogP contribution in [0.3, 0.4) is 0 Å². The van der Waals surface area contributed by atoms with Gasteiger partial charge in [-0.25, -0.2) is 0 Å². The average Bonchev–Trinajstić information content (AvgIpc) is 3.12. The second kappa shape index (κ2) is 17.1. The molecule has 9 unspecified atom stereocenters. The number of aliphatic hydroxyl groups excluding tert-OH is 13. The molecule has 0 aromatic rings. The third-order valence-corrected chi connectivity index (χ3v) is 11.5. The standard InChI is InChI=1S/C32H54O20/c33-7-19-22(40)24(42)27(45)31(50-19)48-17-5-11(35)4-16-12(17)6-18(28(47-16)10-1-2-13(36)14(37)3-10)49-32-29(25(43)23(41)20(8-34)51-32)52-30-26(44)21(39)15(38)9-46-30/h10-45H,1-9H2/t10?,11?,12?,13?,14?,15-,16?,17?,18?,19-,20-,21+,22-,23-,24+,25+,26-,27-,28?,29-,30+,31-,32-/m1/s1. The van der Waals surface area contributed by atoms with Crippen LogP contribution in [0.5, 0.6) is 0 Å². The van der Waals surface area contributed by atoms with E-state index in [2.05, 4.69) is 0 Å². The van der Waals surface area contributed by atoms with E-state index in [9.17, 15) is 66.4 Å². The second-order valence-electron chi connectivity index (χ2n) is 15.0. The van der Waals surface area contributed by atoms with Crippen LogP contribution < -0.4 is 0 Å². The van der Waals surface area contributed by atoms with Gasteiger partial charge in [0.05, 0.1) is 62.5 Å². The average molecular weight is 759 g/mol. The number of fused-ring (bicyclic) bond motifs is 1. The van der Waals surface area contributed by atoms with E-state index in [0.717, 1.165) is 0 Å². The van der Waals surface area contributed by atoms with Gasteiger partial charge >= 0.3 is 0 Å². The molecular formula is C32H54O20. The Bertz CT molecular complexity index is 1140. The first kappa shape index (κ1) is 40.9. The molecule has 302 valence electrons. The third-order valence-electron chi connectivity index (χ3n) is 11.5. The van der Waals surface area contributed by atoms with Crippen molar-refractivity contribution in [1.29, 1.82) is 0 Å². The van der Waals surface area contributed by atoms with Crippen LogP contribution in [-0.4, -0.2) is 215 Å². The smallest absolute Gasteiger partial charge is 0.187 e. The van der Waals surface area contributed by atoms with Crippen LogP contribution in [0.2, 0.25) is 0 Å². The Morgan fingerprint density at radius 3 is 1.81 bits per heavy atom. The molecule has 0 radical (unpaired) electrons. The van der Waals surface area contributed by atoms with Crippen molar-refractivity contribution in [3.05, 3.63) is 0 Å². The molecule has 4 heterocycles. The summed E-state index contributed by atoms with van der Waals surface area (Å²) in [5.41, 5.74) is 0. The van der Waals surface area contributed by atoms with Crippen LogP contribution in [0.15, 0.2) is 0 Å². The van der Waals surface area contributed by atoms with E-state index in [4.69, 9.17) is 33.2 Å². The number of rotatable bonds is 9. The molecule has 0 amide bonds. The minimum absolute atomic E-state index is 0.0273. The molecule has 4 saturated heterocycles. The van der Waals surface area contributed by atoms with E-state index < -0.39 is 160 Å². The van der Waals surface area contributed by atoms with Gasteiger partial charge in [-0.3, -0.25) is 0 Å². The van der Waals surface area contributed by atoms with Gasteiger partial charge in [0.25, 0.3) is 0 Å². The first-order valence-corrected chi connectivity index (χ1v) is 18.0. The van der Waals surface area contributed by atoms with E-state index in [1.54, 1.807) is 0 Å². The maximum absolute atomic E-state index is 11.2. The van der Waals surface area contributed by atoms with Crippen molar-refractivity contribution in [3.8, 4) is 0 Å². The highest BCUT2D eigenvalue weighted by atomic mass is 16.8. The lowest BCUT2D eigenvalue weighted by Crippen LogP contribution is -2.65. The highest BCUT2D eigenvalue weighted by molar-refractivity contribution is 5.01. The zero-order chi connectivity index (χ0) is 37.6. The fourth-order valence-electron chi connectivity index (χ4n) is 8.43. The largest absolute Gasteiger partial charge is 0.394 e. The number of aliphatic hydroxyl groups is 13.